The number of primary amides is 1. The molecule has 1 aromatic rings. The van der Waals surface area contributed by atoms with Crippen molar-refractivity contribution in [3.8, 4) is 0 Å². The maximum absolute atomic E-state index is 11.3. The molecule has 0 saturated carbocycles. The standard InChI is InChI=1S/C9H9BrN2O2/c1-5-2-3-6(7(10)4-5)8(13)12-9(11)14/h2-4H,1H3,(H3,11,12,13,14). The van der Waals surface area contributed by atoms with E-state index in [0.717, 1.165) is 5.56 Å². The van der Waals surface area contributed by atoms with Crippen molar-refractivity contribution in [2.24, 2.45) is 5.73 Å². The summed E-state index contributed by atoms with van der Waals surface area (Å²) in [7, 11) is 0. The average molecular weight is 257 g/mol. The van der Waals surface area contributed by atoms with Crippen molar-refractivity contribution in [2.45, 2.75) is 6.92 Å². The Morgan fingerprint density at radius 2 is 2.07 bits per heavy atom. The van der Waals surface area contributed by atoms with Gasteiger partial charge >= 0.3 is 6.03 Å². The number of carbonyl (C=O) groups excluding carboxylic acids is 2. The molecular formula is C9H9BrN2O2. The molecule has 0 bridgehead atoms. The number of imide groups is 1. The fourth-order valence-corrected chi connectivity index (χ4v) is 1.66. The largest absolute Gasteiger partial charge is 0.351 e. The lowest BCUT2D eigenvalue weighted by Crippen LogP contribution is -2.35. The van der Waals surface area contributed by atoms with Crippen molar-refractivity contribution in [3.05, 3.63) is 33.8 Å². The van der Waals surface area contributed by atoms with Crippen LogP contribution in [0.3, 0.4) is 0 Å². The van der Waals surface area contributed by atoms with Crippen molar-refractivity contribution >= 4 is 27.9 Å². The van der Waals surface area contributed by atoms with Crippen LogP contribution in [-0.2, 0) is 0 Å². The minimum Gasteiger partial charge on any atom is -0.351 e. The molecule has 0 aliphatic rings. The van der Waals surface area contributed by atoms with Crippen molar-refractivity contribution in [2.75, 3.05) is 0 Å². The molecule has 0 aliphatic carbocycles. The van der Waals surface area contributed by atoms with E-state index >= 15 is 0 Å². The Morgan fingerprint density at radius 3 is 2.57 bits per heavy atom. The zero-order chi connectivity index (χ0) is 10.7. The number of hydrogen-bond donors (Lipinski definition) is 2. The molecule has 1 aromatic carbocycles. The molecule has 4 nitrogen and oxygen atoms in total. The number of aryl methyl sites for hydroxylation is 1. The monoisotopic (exact) mass is 256 g/mol. The Kier molecular flexibility index (Phi) is 3.24. The van der Waals surface area contributed by atoms with E-state index in [0.29, 0.717) is 10.0 Å². The second kappa shape index (κ2) is 4.23. The van der Waals surface area contributed by atoms with Crippen LogP contribution in [0, 0.1) is 6.92 Å². The third-order valence-electron chi connectivity index (χ3n) is 1.61. The van der Waals surface area contributed by atoms with Gasteiger partial charge in [0.2, 0.25) is 0 Å². The van der Waals surface area contributed by atoms with E-state index in [1.807, 2.05) is 12.2 Å². The highest BCUT2D eigenvalue weighted by Gasteiger charge is 2.10. The van der Waals surface area contributed by atoms with Crippen LogP contribution in [0.5, 0.6) is 0 Å². The van der Waals surface area contributed by atoms with Gasteiger partial charge in [0.15, 0.2) is 0 Å². The minimum atomic E-state index is -0.859. The molecular weight excluding hydrogens is 248 g/mol. The maximum atomic E-state index is 11.3. The summed E-state index contributed by atoms with van der Waals surface area (Å²) >= 11 is 3.22. The first-order valence-corrected chi connectivity index (χ1v) is 4.67. The van der Waals surface area contributed by atoms with Gasteiger partial charge in [0, 0.05) is 4.47 Å². The van der Waals surface area contributed by atoms with Crippen molar-refractivity contribution in [1.29, 1.82) is 0 Å². The third kappa shape index (κ3) is 2.56. The molecule has 0 heterocycles. The van der Waals surface area contributed by atoms with Gasteiger partial charge in [0.05, 0.1) is 5.56 Å². The lowest BCUT2D eigenvalue weighted by atomic mass is 10.1. The zero-order valence-electron chi connectivity index (χ0n) is 7.50. The normalized spacial score (nSPS) is 9.57. The van der Waals surface area contributed by atoms with Crippen molar-refractivity contribution < 1.29 is 9.59 Å². The van der Waals surface area contributed by atoms with Gasteiger partial charge in [-0.15, -0.1) is 0 Å². The SMILES string of the molecule is Cc1ccc(C(=O)NC(N)=O)c(Br)c1. The molecule has 0 aromatic heterocycles. The molecule has 0 spiro atoms. The van der Waals surface area contributed by atoms with E-state index in [1.54, 1.807) is 18.2 Å². The third-order valence-corrected chi connectivity index (χ3v) is 2.26. The first-order chi connectivity index (χ1) is 6.50. The second-order valence-corrected chi connectivity index (χ2v) is 3.66. The summed E-state index contributed by atoms with van der Waals surface area (Å²) in [4.78, 5) is 21.8. The molecule has 1 rings (SSSR count). The summed E-state index contributed by atoms with van der Waals surface area (Å²) in [5, 5.41) is 1.99. The molecule has 0 radical (unpaired) electrons. The number of rotatable bonds is 1. The van der Waals surface area contributed by atoms with Gasteiger partial charge in [0.1, 0.15) is 0 Å². The summed E-state index contributed by atoms with van der Waals surface area (Å²) in [6.07, 6.45) is 0. The van der Waals surface area contributed by atoms with Gasteiger partial charge in [-0.2, -0.15) is 0 Å². The highest BCUT2D eigenvalue weighted by molar-refractivity contribution is 9.10. The summed E-state index contributed by atoms with van der Waals surface area (Å²) in [5.41, 5.74) is 6.23. The number of benzene rings is 1. The first-order valence-electron chi connectivity index (χ1n) is 3.87. The Balaban J connectivity index is 2.96. The smallest absolute Gasteiger partial charge is 0.319 e. The summed E-state index contributed by atoms with van der Waals surface area (Å²) in [6, 6.07) is 4.33. The molecule has 14 heavy (non-hydrogen) atoms. The number of nitrogens with two attached hydrogens (primary N) is 1. The molecule has 5 heteroatoms. The van der Waals surface area contributed by atoms with Gasteiger partial charge < -0.3 is 5.73 Å². The molecule has 74 valence electrons. The van der Waals surface area contributed by atoms with Gasteiger partial charge in [-0.25, -0.2) is 4.79 Å². The van der Waals surface area contributed by atoms with E-state index in [2.05, 4.69) is 15.9 Å². The molecule has 0 aliphatic heterocycles. The van der Waals surface area contributed by atoms with E-state index in [4.69, 9.17) is 5.73 Å². The van der Waals surface area contributed by atoms with Gasteiger partial charge in [-0.3, -0.25) is 10.1 Å². The fraction of sp³-hybridized carbons (Fsp3) is 0.111. The van der Waals surface area contributed by atoms with Crippen LogP contribution in [0.4, 0.5) is 4.79 Å². The van der Waals surface area contributed by atoms with Crippen LogP contribution in [0.15, 0.2) is 22.7 Å². The molecule has 3 N–H and O–H groups in total. The number of amides is 3. The quantitative estimate of drug-likeness (QED) is 0.801. The molecule has 0 unspecified atom stereocenters. The van der Waals surface area contributed by atoms with Gasteiger partial charge in [-0.1, -0.05) is 6.07 Å². The first kappa shape index (κ1) is 10.7. The minimum absolute atomic E-state index is 0.384. The zero-order valence-corrected chi connectivity index (χ0v) is 9.09. The number of carbonyl (C=O) groups is 2. The lowest BCUT2D eigenvalue weighted by Gasteiger charge is -2.04. The Bertz CT molecular complexity index is 390. The van der Waals surface area contributed by atoms with Crippen LogP contribution >= 0.6 is 15.9 Å². The number of halogens is 1. The predicted molar refractivity (Wildman–Crippen MR) is 55.9 cm³/mol. The van der Waals surface area contributed by atoms with E-state index in [1.165, 1.54) is 0 Å². The van der Waals surface area contributed by atoms with Crippen LogP contribution in [-0.4, -0.2) is 11.9 Å². The number of hydrogen-bond acceptors (Lipinski definition) is 2. The van der Waals surface area contributed by atoms with Gasteiger partial charge in [-0.05, 0) is 40.5 Å². The Labute approximate surface area is 89.6 Å². The summed E-state index contributed by atoms with van der Waals surface area (Å²) in [6.45, 7) is 1.90. The van der Waals surface area contributed by atoms with E-state index < -0.39 is 11.9 Å². The van der Waals surface area contributed by atoms with Crippen molar-refractivity contribution in [3.63, 3.8) is 0 Å². The van der Waals surface area contributed by atoms with Crippen LogP contribution in [0.1, 0.15) is 15.9 Å². The second-order valence-electron chi connectivity index (χ2n) is 2.80. The fourth-order valence-electron chi connectivity index (χ4n) is 0.984. The Morgan fingerprint density at radius 1 is 1.43 bits per heavy atom. The van der Waals surface area contributed by atoms with Crippen molar-refractivity contribution in [1.82, 2.24) is 5.32 Å². The number of nitrogens with one attached hydrogen (secondary N) is 1. The average Bonchev–Trinajstić information content (AvgIpc) is 2.01. The predicted octanol–water partition coefficient (Wildman–Crippen LogP) is 1.57. The highest BCUT2D eigenvalue weighted by Crippen LogP contribution is 2.17. The van der Waals surface area contributed by atoms with E-state index in [9.17, 15) is 9.59 Å². The molecule has 0 atom stereocenters. The maximum Gasteiger partial charge on any atom is 0.319 e. The van der Waals surface area contributed by atoms with E-state index in [-0.39, 0.29) is 0 Å². The van der Waals surface area contributed by atoms with Crippen LogP contribution in [0.25, 0.3) is 0 Å². The topological polar surface area (TPSA) is 72.2 Å². The Hall–Kier alpha value is -1.36. The van der Waals surface area contributed by atoms with Crippen LogP contribution in [0.2, 0.25) is 0 Å². The van der Waals surface area contributed by atoms with Gasteiger partial charge in [0.25, 0.3) is 5.91 Å². The molecule has 3 amide bonds. The van der Waals surface area contributed by atoms with Crippen LogP contribution < -0.4 is 11.1 Å². The number of urea groups is 1. The molecule has 0 saturated heterocycles. The molecule has 0 fully saturated rings. The summed E-state index contributed by atoms with van der Waals surface area (Å²) in [5.74, 6) is -0.510. The summed E-state index contributed by atoms with van der Waals surface area (Å²) < 4.78 is 0.635. The lowest BCUT2D eigenvalue weighted by molar-refractivity contribution is 0.0965. The highest BCUT2D eigenvalue weighted by atomic mass is 79.9.